The molecule has 0 fully saturated rings. The fourth-order valence-corrected chi connectivity index (χ4v) is 3.45. The molecule has 3 rings (SSSR count). The van der Waals surface area contributed by atoms with E-state index in [1.54, 1.807) is 29.2 Å². The van der Waals surface area contributed by atoms with Crippen LogP contribution >= 0.6 is 0 Å². The molecule has 1 aliphatic rings. The van der Waals surface area contributed by atoms with Gasteiger partial charge in [0.15, 0.2) is 0 Å². The number of fused-ring (bicyclic) bond motifs is 1. The highest BCUT2D eigenvalue weighted by Gasteiger charge is 2.43. The third-order valence-corrected chi connectivity index (χ3v) is 4.60. The average molecular weight is 323 g/mol. The molecule has 0 aliphatic carbocycles. The second-order valence-corrected chi connectivity index (χ2v) is 6.11. The van der Waals surface area contributed by atoms with Crippen LogP contribution in [0, 0.1) is 0 Å². The molecule has 1 amide bonds. The van der Waals surface area contributed by atoms with Gasteiger partial charge in [-0.2, -0.15) is 0 Å². The molecule has 0 saturated heterocycles. The summed E-state index contributed by atoms with van der Waals surface area (Å²) in [5.41, 5.74) is 1.98. The lowest BCUT2D eigenvalue weighted by Crippen LogP contribution is -2.45. The van der Waals surface area contributed by atoms with E-state index >= 15 is 0 Å². The molecule has 24 heavy (non-hydrogen) atoms. The van der Waals surface area contributed by atoms with E-state index in [2.05, 4.69) is 6.92 Å². The summed E-state index contributed by atoms with van der Waals surface area (Å²) in [5.74, 6) is -1.73. The van der Waals surface area contributed by atoms with Crippen molar-refractivity contribution in [1.82, 2.24) is 4.90 Å². The van der Waals surface area contributed by atoms with Crippen LogP contribution in [0.3, 0.4) is 0 Å². The number of nitrogens with zero attached hydrogens (tertiary/aromatic N) is 1. The SMILES string of the molecule is CCCCN1C(=O)c2ccccc2[C@@H](C(=O)O)[C@H]1c1ccccc1. The first-order valence-corrected chi connectivity index (χ1v) is 8.32. The van der Waals surface area contributed by atoms with Crippen molar-refractivity contribution in [3.05, 3.63) is 71.3 Å². The molecule has 4 heteroatoms. The average Bonchev–Trinajstić information content (AvgIpc) is 2.61. The zero-order chi connectivity index (χ0) is 17.1. The molecule has 2 aromatic carbocycles. The molecule has 0 aromatic heterocycles. The van der Waals surface area contributed by atoms with Gasteiger partial charge in [-0.25, -0.2) is 0 Å². The Bertz CT molecular complexity index is 742. The van der Waals surface area contributed by atoms with Crippen molar-refractivity contribution >= 4 is 11.9 Å². The fraction of sp³-hybridized carbons (Fsp3) is 0.300. The molecule has 1 N–H and O–H groups in total. The zero-order valence-electron chi connectivity index (χ0n) is 13.7. The summed E-state index contributed by atoms with van der Waals surface area (Å²) >= 11 is 0. The molecule has 124 valence electrons. The molecule has 1 heterocycles. The van der Waals surface area contributed by atoms with Crippen LogP contribution < -0.4 is 0 Å². The molecule has 4 nitrogen and oxygen atoms in total. The van der Waals surface area contributed by atoms with Gasteiger partial charge in [0.1, 0.15) is 5.92 Å². The van der Waals surface area contributed by atoms with Gasteiger partial charge in [-0.3, -0.25) is 9.59 Å². The number of carboxylic acid groups (broad SMARTS) is 1. The highest BCUT2D eigenvalue weighted by molar-refractivity contribution is 6.00. The first-order valence-electron chi connectivity index (χ1n) is 8.32. The summed E-state index contributed by atoms with van der Waals surface area (Å²) in [5, 5.41) is 9.91. The molecule has 2 atom stereocenters. The van der Waals surface area contributed by atoms with E-state index < -0.39 is 17.9 Å². The summed E-state index contributed by atoms with van der Waals surface area (Å²) in [6.45, 7) is 2.63. The molecule has 1 aliphatic heterocycles. The number of hydrogen-bond donors (Lipinski definition) is 1. The van der Waals surface area contributed by atoms with Crippen molar-refractivity contribution in [3.8, 4) is 0 Å². The van der Waals surface area contributed by atoms with Gasteiger partial charge in [0.25, 0.3) is 5.91 Å². The summed E-state index contributed by atoms with van der Waals surface area (Å²) in [6, 6.07) is 16.1. The van der Waals surface area contributed by atoms with Crippen LogP contribution in [0.1, 0.15) is 53.2 Å². The minimum absolute atomic E-state index is 0.0783. The van der Waals surface area contributed by atoms with Gasteiger partial charge in [0, 0.05) is 12.1 Å². The van der Waals surface area contributed by atoms with Gasteiger partial charge < -0.3 is 10.0 Å². The van der Waals surface area contributed by atoms with E-state index in [1.807, 2.05) is 30.3 Å². The molecule has 0 saturated carbocycles. The highest BCUT2D eigenvalue weighted by atomic mass is 16.4. The molecule has 0 radical (unpaired) electrons. The maximum Gasteiger partial charge on any atom is 0.313 e. The minimum Gasteiger partial charge on any atom is -0.481 e. The van der Waals surface area contributed by atoms with Crippen molar-refractivity contribution in [2.24, 2.45) is 0 Å². The second kappa shape index (κ2) is 6.87. The Kier molecular flexibility index (Phi) is 4.65. The van der Waals surface area contributed by atoms with Crippen molar-refractivity contribution < 1.29 is 14.7 Å². The van der Waals surface area contributed by atoms with Crippen LogP contribution in [0.15, 0.2) is 54.6 Å². The zero-order valence-corrected chi connectivity index (χ0v) is 13.7. The van der Waals surface area contributed by atoms with Crippen LogP contribution in [0.2, 0.25) is 0 Å². The van der Waals surface area contributed by atoms with E-state index in [4.69, 9.17) is 0 Å². The lowest BCUT2D eigenvalue weighted by atomic mass is 9.79. The number of carbonyl (C=O) groups excluding carboxylic acids is 1. The van der Waals surface area contributed by atoms with Gasteiger partial charge >= 0.3 is 5.97 Å². The van der Waals surface area contributed by atoms with Gasteiger partial charge in [0.2, 0.25) is 0 Å². The standard InChI is InChI=1S/C20H21NO3/c1-2-3-13-21-18(14-9-5-4-6-10-14)17(20(23)24)15-11-7-8-12-16(15)19(21)22/h4-12,17-18H,2-3,13H2,1H3,(H,23,24)/t17-,18-/m1/s1. The van der Waals surface area contributed by atoms with Crippen LogP contribution in [-0.2, 0) is 4.79 Å². The predicted octanol–water partition coefficient (Wildman–Crippen LogP) is 3.85. The summed E-state index contributed by atoms with van der Waals surface area (Å²) < 4.78 is 0. The molecule has 0 bridgehead atoms. The Morgan fingerprint density at radius 1 is 1.08 bits per heavy atom. The molecule has 0 unspecified atom stereocenters. The van der Waals surface area contributed by atoms with Crippen molar-refractivity contribution in [2.45, 2.75) is 31.7 Å². The van der Waals surface area contributed by atoms with E-state index in [0.717, 1.165) is 18.4 Å². The molecular weight excluding hydrogens is 302 g/mol. The van der Waals surface area contributed by atoms with Gasteiger partial charge in [-0.15, -0.1) is 0 Å². The third-order valence-electron chi connectivity index (χ3n) is 4.60. The Balaban J connectivity index is 2.16. The summed E-state index contributed by atoms with van der Waals surface area (Å²) in [4.78, 5) is 26.8. The summed E-state index contributed by atoms with van der Waals surface area (Å²) in [6.07, 6.45) is 1.80. The van der Waals surface area contributed by atoms with Crippen LogP contribution in [0.4, 0.5) is 0 Å². The Labute approximate surface area is 141 Å². The lowest BCUT2D eigenvalue weighted by molar-refractivity contribution is -0.140. The number of amides is 1. The van der Waals surface area contributed by atoms with Crippen LogP contribution in [0.5, 0.6) is 0 Å². The van der Waals surface area contributed by atoms with Crippen molar-refractivity contribution in [2.75, 3.05) is 6.54 Å². The van der Waals surface area contributed by atoms with Gasteiger partial charge in [-0.1, -0.05) is 61.9 Å². The number of carboxylic acids is 1. The topological polar surface area (TPSA) is 57.6 Å². The maximum atomic E-state index is 13.0. The Morgan fingerprint density at radius 3 is 2.42 bits per heavy atom. The number of aliphatic carboxylic acids is 1. The van der Waals surface area contributed by atoms with Crippen LogP contribution in [-0.4, -0.2) is 28.4 Å². The van der Waals surface area contributed by atoms with Crippen LogP contribution in [0.25, 0.3) is 0 Å². The predicted molar refractivity (Wildman–Crippen MR) is 91.9 cm³/mol. The minimum atomic E-state index is -0.898. The summed E-state index contributed by atoms with van der Waals surface area (Å²) in [7, 11) is 0. The van der Waals surface area contributed by atoms with Crippen molar-refractivity contribution in [1.29, 1.82) is 0 Å². The maximum absolute atomic E-state index is 13.0. The van der Waals surface area contributed by atoms with Gasteiger partial charge in [-0.05, 0) is 23.6 Å². The third kappa shape index (κ3) is 2.80. The van der Waals surface area contributed by atoms with E-state index in [0.29, 0.717) is 17.7 Å². The Morgan fingerprint density at radius 2 is 1.75 bits per heavy atom. The fourth-order valence-electron chi connectivity index (χ4n) is 3.45. The van der Waals surface area contributed by atoms with E-state index in [9.17, 15) is 14.7 Å². The number of benzene rings is 2. The number of hydrogen-bond acceptors (Lipinski definition) is 2. The largest absolute Gasteiger partial charge is 0.481 e. The number of carbonyl (C=O) groups is 2. The van der Waals surface area contributed by atoms with E-state index in [1.165, 1.54) is 0 Å². The lowest BCUT2D eigenvalue weighted by Gasteiger charge is -2.41. The first-order chi connectivity index (χ1) is 11.6. The quantitative estimate of drug-likeness (QED) is 0.909. The first kappa shape index (κ1) is 16.2. The normalized spacial score (nSPS) is 19.9. The molecule has 0 spiro atoms. The van der Waals surface area contributed by atoms with Gasteiger partial charge in [0.05, 0.1) is 6.04 Å². The monoisotopic (exact) mass is 323 g/mol. The molecule has 2 aromatic rings. The smallest absolute Gasteiger partial charge is 0.313 e. The highest BCUT2D eigenvalue weighted by Crippen LogP contribution is 2.42. The number of unbranched alkanes of at least 4 members (excludes halogenated alkanes) is 1. The number of rotatable bonds is 5. The Hall–Kier alpha value is -2.62. The van der Waals surface area contributed by atoms with Crippen molar-refractivity contribution in [3.63, 3.8) is 0 Å². The van der Waals surface area contributed by atoms with E-state index in [-0.39, 0.29) is 5.91 Å². The second-order valence-electron chi connectivity index (χ2n) is 6.11. The molecular formula is C20H21NO3.